The number of fused-ring (bicyclic) bond motifs is 1. The lowest BCUT2D eigenvalue weighted by Crippen LogP contribution is -2.06. The number of nitrogens with zero attached hydrogens (tertiary/aromatic N) is 1. The van der Waals surface area contributed by atoms with Crippen molar-refractivity contribution >= 4 is 22.4 Å². The number of nitrogens with one attached hydrogen (secondary N) is 1. The number of carbonyl (C=O) groups is 1. The largest absolute Gasteiger partial charge is 0.360 e. The molecule has 1 N–H and O–H groups in total. The number of ketones is 1. The van der Waals surface area contributed by atoms with Crippen LogP contribution in [-0.4, -0.2) is 15.7 Å². The number of H-pyrrole nitrogens is 1. The van der Waals surface area contributed by atoms with Gasteiger partial charge in [-0.2, -0.15) is 0 Å². The van der Waals surface area contributed by atoms with Gasteiger partial charge in [-0.25, -0.2) is 0 Å². The fourth-order valence-corrected chi connectivity index (χ4v) is 1.74. The van der Waals surface area contributed by atoms with Crippen molar-refractivity contribution in [2.75, 3.05) is 0 Å². The van der Waals surface area contributed by atoms with Crippen LogP contribution in [0.2, 0.25) is 0 Å². The average molecular weight is 232 g/mol. The molecule has 0 aliphatic rings. The molecule has 1 aromatic carbocycles. The highest BCUT2D eigenvalue weighted by atomic mass is 16.6. The number of benzene rings is 1. The van der Waals surface area contributed by atoms with Crippen LogP contribution in [0.25, 0.3) is 10.9 Å². The van der Waals surface area contributed by atoms with Crippen molar-refractivity contribution in [1.82, 2.24) is 4.98 Å². The van der Waals surface area contributed by atoms with Crippen LogP contribution >= 0.6 is 0 Å². The monoisotopic (exact) mass is 232 g/mol. The van der Waals surface area contributed by atoms with E-state index in [0.29, 0.717) is 11.1 Å². The van der Waals surface area contributed by atoms with E-state index in [0.717, 1.165) is 5.39 Å². The van der Waals surface area contributed by atoms with Gasteiger partial charge in [0.15, 0.2) is 5.78 Å². The van der Waals surface area contributed by atoms with Crippen molar-refractivity contribution in [2.24, 2.45) is 5.92 Å². The molecule has 0 spiro atoms. The number of Topliss-reactive ketones (excluding diaryl/α,β-unsaturated/α-hetero) is 1. The highest BCUT2D eigenvalue weighted by Crippen LogP contribution is 2.24. The van der Waals surface area contributed by atoms with E-state index < -0.39 is 4.92 Å². The number of hydrogen-bond acceptors (Lipinski definition) is 3. The minimum absolute atomic E-state index is 0.0166. The van der Waals surface area contributed by atoms with Crippen LogP contribution in [0.3, 0.4) is 0 Å². The van der Waals surface area contributed by atoms with Crippen LogP contribution in [0.5, 0.6) is 0 Å². The Balaban J connectivity index is 2.56. The van der Waals surface area contributed by atoms with Crippen LogP contribution in [-0.2, 0) is 0 Å². The van der Waals surface area contributed by atoms with Gasteiger partial charge in [-0.1, -0.05) is 13.8 Å². The number of aromatic nitrogens is 1. The van der Waals surface area contributed by atoms with Crippen LogP contribution in [0.15, 0.2) is 24.4 Å². The molecule has 88 valence electrons. The quantitative estimate of drug-likeness (QED) is 0.502. The number of hydrogen-bond donors (Lipinski definition) is 1. The van der Waals surface area contributed by atoms with Crippen molar-refractivity contribution in [3.63, 3.8) is 0 Å². The number of nitro benzene ring substituents is 1. The van der Waals surface area contributed by atoms with E-state index in [1.807, 2.05) is 13.8 Å². The standard InChI is InChI=1S/C12H12N2O3/c1-7(2)12(15)10-6-13-11-5-8(14(16)17)3-4-9(10)11/h3-7,13H,1-2H3. The first kappa shape index (κ1) is 11.3. The molecule has 0 bridgehead atoms. The first-order chi connectivity index (χ1) is 8.00. The van der Waals surface area contributed by atoms with Gasteiger partial charge in [0.25, 0.3) is 5.69 Å². The molecule has 2 rings (SSSR count). The first-order valence-corrected chi connectivity index (χ1v) is 5.30. The number of rotatable bonds is 3. The molecule has 17 heavy (non-hydrogen) atoms. The number of aromatic amines is 1. The van der Waals surface area contributed by atoms with E-state index in [9.17, 15) is 14.9 Å². The molecule has 0 atom stereocenters. The Morgan fingerprint density at radius 3 is 2.71 bits per heavy atom. The fraction of sp³-hybridized carbons (Fsp3) is 0.250. The summed E-state index contributed by atoms with van der Waals surface area (Å²) < 4.78 is 0. The maximum atomic E-state index is 11.9. The molecule has 0 aliphatic heterocycles. The first-order valence-electron chi connectivity index (χ1n) is 5.30. The summed E-state index contributed by atoms with van der Waals surface area (Å²) >= 11 is 0. The van der Waals surface area contributed by atoms with Crippen LogP contribution < -0.4 is 0 Å². The summed E-state index contributed by atoms with van der Waals surface area (Å²) in [7, 11) is 0. The highest BCUT2D eigenvalue weighted by Gasteiger charge is 2.16. The third-order valence-electron chi connectivity index (χ3n) is 2.67. The van der Waals surface area contributed by atoms with Gasteiger partial charge in [-0.3, -0.25) is 14.9 Å². The lowest BCUT2D eigenvalue weighted by Gasteiger charge is -2.01. The second-order valence-electron chi connectivity index (χ2n) is 4.21. The molecule has 0 unspecified atom stereocenters. The summed E-state index contributed by atoms with van der Waals surface area (Å²) in [6.07, 6.45) is 1.61. The predicted octanol–water partition coefficient (Wildman–Crippen LogP) is 2.91. The van der Waals surface area contributed by atoms with E-state index in [4.69, 9.17) is 0 Å². The summed E-state index contributed by atoms with van der Waals surface area (Å²) in [4.78, 5) is 24.9. The summed E-state index contributed by atoms with van der Waals surface area (Å²) in [5.74, 6) is -0.0608. The normalized spacial score (nSPS) is 11.0. The highest BCUT2D eigenvalue weighted by molar-refractivity contribution is 6.08. The molecular weight excluding hydrogens is 220 g/mol. The molecular formula is C12H12N2O3. The zero-order valence-electron chi connectivity index (χ0n) is 9.56. The molecule has 0 radical (unpaired) electrons. The van der Waals surface area contributed by atoms with Gasteiger partial charge in [0.05, 0.1) is 10.4 Å². The van der Waals surface area contributed by atoms with E-state index in [2.05, 4.69) is 4.98 Å². The minimum atomic E-state index is -0.454. The second-order valence-corrected chi connectivity index (χ2v) is 4.21. The molecule has 5 nitrogen and oxygen atoms in total. The maximum absolute atomic E-state index is 11.9. The van der Waals surface area contributed by atoms with Crippen molar-refractivity contribution in [1.29, 1.82) is 0 Å². The zero-order valence-corrected chi connectivity index (χ0v) is 9.56. The van der Waals surface area contributed by atoms with Gasteiger partial charge in [0.1, 0.15) is 0 Å². The summed E-state index contributed by atoms with van der Waals surface area (Å²) in [6.45, 7) is 3.65. The predicted molar refractivity (Wildman–Crippen MR) is 64.1 cm³/mol. The van der Waals surface area contributed by atoms with Crippen molar-refractivity contribution in [3.05, 3.63) is 40.1 Å². The van der Waals surface area contributed by atoms with Gasteiger partial charge in [-0.05, 0) is 6.07 Å². The smallest absolute Gasteiger partial charge is 0.271 e. The lowest BCUT2D eigenvalue weighted by atomic mass is 10.0. The maximum Gasteiger partial charge on any atom is 0.271 e. The van der Waals surface area contributed by atoms with E-state index in [1.165, 1.54) is 12.1 Å². The van der Waals surface area contributed by atoms with Gasteiger partial charge < -0.3 is 4.98 Å². The Labute approximate surface area is 97.6 Å². The third kappa shape index (κ3) is 1.91. The second kappa shape index (κ2) is 4.01. The molecule has 0 fully saturated rings. The van der Waals surface area contributed by atoms with Gasteiger partial charge in [-0.15, -0.1) is 0 Å². The molecule has 0 saturated carbocycles. The molecule has 1 aromatic heterocycles. The van der Waals surface area contributed by atoms with Crippen LogP contribution in [0, 0.1) is 16.0 Å². The number of non-ortho nitro benzene ring substituents is 1. The van der Waals surface area contributed by atoms with Crippen LogP contribution in [0.1, 0.15) is 24.2 Å². The number of nitro groups is 1. The van der Waals surface area contributed by atoms with Crippen molar-refractivity contribution < 1.29 is 9.72 Å². The summed E-state index contributed by atoms with van der Waals surface area (Å²) in [5, 5.41) is 11.3. The lowest BCUT2D eigenvalue weighted by molar-refractivity contribution is -0.384. The topological polar surface area (TPSA) is 76.0 Å². The van der Waals surface area contributed by atoms with Crippen molar-refractivity contribution in [3.8, 4) is 0 Å². The Morgan fingerprint density at radius 1 is 1.41 bits per heavy atom. The minimum Gasteiger partial charge on any atom is -0.360 e. The van der Waals surface area contributed by atoms with Gasteiger partial charge >= 0.3 is 0 Å². The molecule has 1 heterocycles. The van der Waals surface area contributed by atoms with Crippen molar-refractivity contribution in [2.45, 2.75) is 13.8 Å². The summed E-state index contributed by atoms with van der Waals surface area (Å²) in [5.41, 5.74) is 1.22. The summed E-state index contributed by atoms with van der Waals surface area (Å²) in [6, 6.07) is 4.46. The average Bonchev–Trinajstić information content (AvgIpc) is 2.70. The molecule has 0 saturated heterocycles. The van der Waals surface area contributed by atoms with E-state index in [1.54, 1.807) is 12.3 Å². The molecule has 0 aliphatic carbocycles. The zero-order chi connectivity index (χ0) is 12.6. The third-order valence-corrected chi connectivity index (χ3v) is 2.67. The van der Waals surface area contributed by atoms with E-state index >= 15 is 0 Å². The van der Waals surface area contributed by atoms with Gasteiger partial charge in [0.2, 0.25) is 0 Å². The molecule has 2 aromatic rings. The van der Waals surface area contributed by atoms with E-state index in [-0.39, 0.29) is 17.4 Å². The Morgan fingerprint density at radius 2 is 2.12 bits per heavy atom. The molecule has 5 heteroatoms. The van der Waals surface area contributed by atoms with Gasteiger partial charge in [0, 0.05) is 35.2 Å². The SMILES string of the molecule is CC(C)C(=O)c1c[nH]c2cc([N+](=O)[O-])ccc12. The number of carbonyl (C=O) groups excluding carboxylic acids is 1. The Kier molecular flexibility index (Phi) is 2.67. The molecule has 0 amide bonds. The Bertz CT molecular complexity index is 599. The Hall–Kier alpha value is -2.17. The van der Waals surface area contributed by atoms with Crippen LogP contribution in [0.4, 0.5) is 5.69 Å². The fourth-order valence-electron chi connectivity index (χ4n) is 1.74.